The van der Waals surface area contributed by atoms with Gasteiger partial charge in [-0.25, -0.2) is 0 Å². The molecule has 0 atom stereocenters. The molecular weight excluding hydrogens is 250 g/mol. The van der Waals surface area contributed by atoms with Crippen molar-refractivity contribution in [3.63, 3.8) is 0 Å². The molecule has 0 aromatic heterocycles. The highest BCUT2D eigenvalue weighted by atomic mass is 79.9. The molecule has 4 heteroatoms. The molecule has 1 aromatic carbocycles. The summed E-state index contributed by atoms with van der Waals surface area (Å²) < 4.78 is 1.08. The Morgan fingerprint density at radius 1 is 1.31 bits per heavy atom. The van der Waals surface area contributed by atoms with Gasteiger partial charge in [-0.05, 0) is 12.1 Å². The molecule has 0 saturated carbocycles. The van der Waals surface area contributed by atoms with Crippen molar-refractivity contribution in [2.75, 3.05) is 12.4 Å². The number of thioether (sulfide) groups is 1. The molecule has 0 fully saturated rings. The Kier molecular flexibility index (Phi) is 2.90. The first-order valence-corrected chi connectivity index (χ1v) is 5.73. The highest BCUT2D eigenvalue weighted by Gasteiger charge is 2.09. The molecule has 2 nitrogen and oxygen atoms in total. The number of hydrogen-bond acceptors (Lipinski definition) is 3. The molecule has 13 heavy (non-hydrogen) atoms. The predicted octanol–water partition coefficient (Wildman–Crippen LogP) is 2.87. The molecule has 0 saturated heterocycles. The first-order chi connectivity index (χ1) is 6.36. The quantitative estimate of drug-likeness (QED) is 0.772. The maximum atomic E-state index is 5.02. The molecule has 0 amide bonds. The van der Waals surface area contributed by atoms with Gasteiger partial charge in [0.2, 0.25) is 0 Å². The highest BCUT2D eigenvalue weighted by molar-refractivity contribution is 9.10. The minimum absolute atomic E-state index is 0.713. The number of benzene rings is 1. The molecule has 2 rings (SSSR count). The molecule has 0 radical (unpaired) electrons. The molecule has 68 valence electrons. The summed E-state index contributed by atoms with van der Waals surface area (Å²) in [6.45, 7) is 0.713. The summed E-state index contributed by atoms with van der Waals surface area (Å²) in [6.07, 6.45) is 0. The van der Waals surface area contributed by atoms with Gasteiger partial charge in [-0.2, -0.15) is 0 Å². The van der Waals surface area contributed by atoms with E-state index in [1.807, 2.05) is 24.3 Å². The van der Waals surface area contributed by atoms with Crippen LogP contribution in [0.3, 0.4) is 0 Å². The van der Waals surface area contributed by atoms with E-state index in [2.05, 4.69) is 21.1 Å². The number of halogens is 1. The van der Waals surface area contributed by atoms with Crippen molar-refractivity contribution >= 4 is 32.7 Å². The van der Waals surface area contributed by atoms with Gasteiger partial charge in [0.1, 0.15) is 11.7 Å². The predicted molar refractivity (Wildman–Crippen MR) is 59.1 cm³/mol. The summed E-state index contributed by atoms with van der Waals surface area (Å²) in [4.78, 5) is 5.02. The smallest absolute Gasteiger partial charge is 0.143 e. The van der Waals surface area contributed by atoms with Crippen molar-refractivity contribution in [1.82, 2.24) is 0 Å². The van der Waals surface area contributed by atoms with Gasteiger partial charge in [0.05, 0.1) is 0 Å². The van der Waals surface area contributed by atoms with Gasteiger partial charge in [-0.15, -0.1) is 0 Å². The second kappa shape index (κ2) is 4.15. The third-order valence-electron chi connectivity index (χ3n) is 1.65. The monoisotopic (exact) mass is 257 g/mol. The fourth-order valence-corrected chi connectivity index (χ4v) is 2.06. The molecule has 0 bridgehead atoms. The van der Waals surface area contributed by atoms with E-state index in [1.165, 1.54) is 0 Å². The zero-order chi connectivity index (χ0) is 9.10. The molecule has 1 aliphatic rings. The van der Waals surface area contributed by atoms with Gasteiger partial charge >= 0.3 is 0 Å². The lowest BCUT2D eigenvalue weighted by atomic mass is 10.2. The molecular formula is C9H8BrNOS. The third kappa shape index (κ3) is 2.25. The van der Waals surface area contributed by atoms with Crippen LogP contribution >= 0.6 is 27.7 Å². The Balaban J connectivity index is 2.24. The highest BCUT2D eigenvalue weighted by Crippen LogP contribution is 2.19. The summed E-state index contributed by atoms with van der Waals surface area (Å²) in [7, 11) is 0. The Morgan fingerprint density at radius 3 is 2.69 bits per heavy atom. The van der Waals surface area contributed by atoms with Crippen molar-refractivity contribution in [2.45, 2.75) is 0 Å². The summed E-state index contributed by atoms with van der Waals surface area (Å²) >= 11 is 5.12. The van der Waals surface area contributed by atoms with Crippen molar-refractivity contribution < 1.29 is 4.84 Å². The van der Waals surface area contributed by atoms with Crippen LogP contribution in [0.15, 0.2) is 33.9 Å². The first-order valence-electron chi connectivity index (χ1n) is 3.95. The zero-order valence-electron chi connectivity index (χ0n) is 6.87. The van der Waals surface area contributed by atoms with Gasteiger partial charge < -0.3 is 4.84 Å². The van der Waals surface area contributed by atoms with Crippen LogP contribution in [0.1, 0.15) is 5.56 Å². The fourth-order valence-electron chi connectivity index (χ4n) is 1.03. The van der Waals surface area contributed by atoms with Gasteiger partial charge in [-0.3, -0.25) is 0 Å². The van der Waals surface area contributed by atoms with E-state index in [4.69, 9.17) is 4.84 Å². The summed E-state index contributed by atoms with van der Waals surface area (Å²) in [5.41, 5.74) is 1.12. The average molecular weight is 258 g/mol. The van der Waals surface area contributed by atoms with Crippen LogP contribution in [0.4, 0.5) is 0 Å². The Morgan fingerprint density at radius 2 is 2.08 bits per heavy atom. The molecule has 1 heterocycles. The maximum absolute atomic E-state index is 5.02. The third-order valence-corrected chi connectivity index (χ3v) is 3.14. The molecule has 1 aromatic rings. The second-order valence-corrected chi connectivity index (χ2v) is 4.58. The molecule has 0 N–H and O–H groups in total. The summed E-state index contributed by atoms with van der Waals surface area (Å²) in [5, 5.41) is 4.96. The normalized spacial score (nSPS) is 16.2. The number of nitrogens with zero attached hydrogens (tertiary/aromatic N) is 1. The number of hydrogen-bond donors (Lipinski definition) is 0. The van der Waals surface area contributed by atoms with Crippen LogP contribution < -0.4 is 0 Å². The summed E-state index contributed by atoms with van der Waals surface area (Å²) in [5.74, 6) is 0.981. The Hall–Kier alpha value is -0.480. The molecule has 0 spiro atoms. The lowest BCUT2D eigenvalue weighted by molar-refractivity contribution is 0.160. The maximum Gasteiger partial charge on any atom is 0.143 e. The van der Waals surface area contributed by atoms with Gasteiger partial charge in [0.25, 0.3) is 0 Å². The minimum Gasteiger partial charge on any atom is -0.394 e. The van der Waals surface area contributed by atoms with E-state index in [-0.39, 0.29) is 0 Å². The van der Waals surface area contributed by atoms with E-state index in [9.17, 15) is 0 Å². The molecule has 0 unspecified atom stereocenters. The van der Waals surface area contributed by atoms with Crippen molar-refractivity contribution in [3.8, 4) is 0 Å². The molecule has 0 aliphatic carbocycles. The van der Waals surface area contributed by atoms with Gasteiger partial charge in [0, 0.05) is 15.8 Å². The van der Waals surface area contributed by atoms with Crippen molar-refractivity contribution in [2.24, 2.45) is 5.16 Å². The van der Waals surface area contributed by atoms with Crippen LogP contribution in [-0.4, -0.2) is 17.4 Å². The van der Waals surface area contributed by atoms with Gasteiger partial charge in [0.15, 0.2) is 0 Å². The second-order valence-electron chi connectivity index (χ2n) is 2.59. The van der Waals surface area contributed by atoms with E-state index in [0.29, 0.717) is 6.61 Å². The van der Waals surface area contributed by atoms with Crippen LogP contribution in [0, 0.1) is 0 Å². The average Bonchev–Trinajstić information content (AvgIpc) is 2.20. The van der Waals surface area contributed by atoms with Crippen LogP contribution in [0.25, 0.3) is 0 Å². The zero-order valence-corrected chi connectivity index (χ0v) is 9.27. The minimum atomic E-state index is 0.713. The lowest BCUT2D eigenvalue weighted by Gasteiger charge is -2.10. The standard InChI is InChI=1S/C9H8BrNOS/c10-8-3-1-7(2-4-8)9-11-12-5-6-13-9/h1-4H,5-6H2. The topological polar surface area (TPSA) is 21.6 Å². The van der Waals surface area contributed by atoms with Gasteiger partial charge in [-0.1, -0.05) is 45.0 Å². The molecule has 1 aliphatic heterocycles. The summed E-state index contributed by atoms with van der Waals surface area (Å²) in [6, 6.07) is 8.08. The SMILES string of the molecule is Brc1ccc(C2=NOCCS2)cc1. The largest absolute Gasteiger partial charge is 0.394 e. The first kappa shape index (κ1) is 9.09. The van der Waals surface area contributed by atoms with Crippen molar-refractivity contribution in [1.29, 1.82) is 0 Å². The number of oxime groups is 1. The van der Waals surface area contributed by atoms with Crippen LogP contribution in [0.5, 0.6) is 0 Å². The Bertz CT molecular complexity index is 323. The lowest BCUT2D eigenvalue weighted by Crippen LogP contribution is -2.07. The van der Waals surface area contributed by atoms with E-state index in [1.54, 1.807) is 11.8 Å². The fraction of sp³-hybridized carbons (Fsp3) is 0.222. The van der Waals surface area contributed by atoms with Crippen LogP contribution in [-0.2, 0) is 4.84 Å². The van der Waals surface area contributed by atoms with Crippen LogP contribution in [0.2, 0.25) is 0 Å². The van der Waals surface area contributed by atoms with E-state index < -0.39 is 0 Å². The van der Waals surface area contributed by atoms with E-state index in [0.717, 1.165) is 20.8 Å². The van der Waals surface area contributed by atoms with E-state index >= 15 is 0 Å². The van der Waals surface area contributed by atoms with Crippen molar-refractivity contribution in [3.05, 3.63) is 34.3 Å². The Labute approximate surface area is 89.5 Å². The number of rotatable bonds is 1.